The van der Waals surface area contributed by atoms with E-state index in [2.05, 4.69) is 90.4 Å². The first-order valence-corrected chi connectivity index (χ1v) is 16.3. The summed E-state index contributed by atoms with van der Waals surface area (Å²) in [7, 11) is 0. The highest BCUT2D eigenvalue weighted by atomic mass is 79.9. The number of nitrogens with zero attached hydrogens (tertiary/aromatic N) is 1. The number of para-hydroxylation sites is 2. The van der Waals surface area contributed by atoms with Crippen LogP contribution in [0.5, 0.6) is 0 Å². The van der Waals surface area contributed by atoms with Crippen molar-refractivity contribution in [3.8, 4) is 33.7 Å². The van der Waals surface area contributed by atoms with E-state index in [1.54, 1.807) is 0 Å². The van der Waals surface area contributed by atoms with Crippen molar-refractivity contribution in [2.75, 3.05) is 0 Å². The van der Waals surface area contributed by atoms with Crippen LogP contribution in [0.3, 0.4) is 0 Å². The lowest BCUT2D eigenvalue weighted by Crippen LogP contribution is -2.25. The zero-order valence-corrected chi connectivity index (χ0v) is 26.0. The third-order valence-corrected chi connectivity index (χ3v) is 9.49. The lowest BCUT2D eigenvalue weighted by Gasteiger charge is -2.33. The van der Waals surface area contributed by atoms with Crippen LogP contribution < -0.4 is 0 Å². The second-order valence-electron chi connectivity index (χ2n) is 11.7. The van der Waals surface area contributed by atoms with Gasteiger partial charge in [-0.05, 0) is 88.7 Å². The van der Waals surface area contributed by atoms with Crippen molar-refractivity contribution in [3.05, 3.63) is 101 Å². The summed E-state index contributed by atoms with van der Waals surface area (Å²) in [6.07, 6.45) is 12.8. The molecule has 1 heterocycles. The molecule has 5 aromatic rings. The summed E-state index contributed by atoms with van der Waals surface area (Å²) in [5, 5.41) is 0. The summed E-state index contributed by atoms with van der Waals surface area (Å²) in [6.45, 7) is 4.61. The SMILES string of the molecule is CCCCCCC1(CCCCCC)c2cc(Br)ccc2-c2ccc(-c3ccc(-c4nc5ccccc5o4)cc3)cc21. The summed E-state index contributed by atoms with van der Waals surface area (Å²) in [6, 6.07) is 30.8. The van der Waals surface area contributed by atoms with Crippen molar-refractivity contribution in [2.45, 2.75) is 83.5 Å². The third kappa shape index (κ3) is 5.54. The van der Waals surface area contributed by atoms with Crippen LogP contribution in [0, 0.1) is 0 Å². The molecular weight excluding hydrogens is 566 g/mol. The lowest BCUT2D eigenvalue weighted by atomic mass is 9.70. The van der Waals surface area contributed by atoms with Gasteiger partial charge in [-0.15, -0.1) is 0 Å². The summed E-state index contributed by atoms with van der Waals surface area (Å²) in [5.41, 5.74) is 11.2. The van der Waals surface area contributed by atoms with Gasteiger partial charge < -0.3 is 4.42 Å². The molecule has 0 radical (unpaired) electrons. The number of halogens is 1. The number of hydrogen-bond donors (Lipinski definition) is 0. The normalized spacial score (nSPS) is 13.4. The first-order valence-electron chi connectivity index (χ1n) is 15.5. The maximum atomic E-state index is 6.03. The Morgan fingerprint density at radius 3 is 1.93 bits per heavy atom. The van der Waals surface area contributed by atoms with Gasteiger partial charge >= 0.3 is 0 Å². The molecule has 6 rings (SSSR count). The molecule has 0 atom stereocenters. The second kappa shape index (κ2) is 12.4. The maximum Gasteiger partial charge on any atom is 0.227 e. The first kappa shape index (κ1) is 28.0. The van der Waals surface area contributed by atoms with E-state index in [4.69, 9.17) is 9.40 Å². The molecule has 0 aliphatic heterocycles. The van der Waals surface area contributed by atoms with Crippen molar-refractivity contribution in [1.82, 2.24) is 4.98 Å². The minimum Gasteiger partial charge on any atom is -0.436 e. The number of aromatic nitrogens is 1. The van der Waals surface area contributed by atoms with Crippen LogP contribution in [0.2, 0.25) is 0 Å². The molecule has 0 amide bonds. The molecule has 0 spiro atoms. The van der Waals surface area contributed by atoms with Gasteiger partial charge in [-0.25, -0.2) is 4.98 Å². The van der Waals surface area contributed by atoms with E-state index in [1.807, 2.05) is 24.3 Å². The molecule has 0 bridgehead atoms. The molecule has 41 heavy (non-hydrogen) atoms. The van der Waals surface area contributed by atoms with E-state index in [9.17, 15) is 0 Å². The van der Waals surface area contributed by atoms with Gasteiger partial charge in [0.05, 0.1) is 0 Å². The third-order valence-electron chi connectivity index (χ3n) is 9.00. The van der Waals surface area contributed by atoms with Crippen LogP contribution >= 0.6 is 15.9 Å². The van der Waals surface area contributed by atoms with E-state index in [0.29, 0.717) is 5.89 Å². The Balaban J connectivity index is 1.38. The maximum absolute atomic E-state index is 6.03. The molecule has 0 saturated heterocycles. The van der Waals surface area contributed by atoms with Crippen molar-refractivity contribution in [3.63, 3.8) is 0 Å². The van der Waals surface area contributed by atoms with Gasteiger partial charge in [-0.3, -0.25) is 0 Å². The number of hydrogen-bond acceptors (Lipinski definition) is 2. The van der Waals surface area contributed by atoms with Crippen molar-refractivity contribution in [2.24, 2.45) is 0 Å². The Labute approximate surface area is 253 Å². The second-order valence-corrected chi connectivity index (χ2v) is 12.6. The molecule has 0 saturated carbocycles. The van der Waals surface area contributed by atoms with Gasteiger partial charge in [-0.2, -0.15) is 0 Å². The molecule has 1 aromatic heterocycles. The van der Waals surface area contributed by atoms with Gasteiger partial charge in [-0.1, -0.05) is 124 Å². The Morgan fingerprint density at radius 2 is 1.24 bits per heavy atom. The summed E-state index contributed by atoms with van der Waals surface area (Å²) in [5.74, 6) is 0.672. The van der Waals surface area contributed by atoms with Crippen molar-refractivity contribution in [1.29, 1.82) is 0 Å². The molecule has 1 aliphatic rings. The first-order chi connectivity index (χ1) is 20.1. The van der Waals surface area contributed by atoms with E-state index in [0.717, 1.165) is 16.7 Å². The molecule has 0 fully saturated rings. The van der Waals surface area contributed by atoms with Gasteiger partial charge in [0.25, 0.3) is 0 Å². The zero-order valence-electron chi connectivity index (χ0n) is 24.4. The number of oxazole rings is 1. The average molecular weight is 607 g/mol. The van der Waals surface area contributed by atoms with Crippen LogP contribution in [0.4, 0.5) is 0 Å². The average Bonchev–Trinajstić information content (AvgIpc) is 3.55. The lowest BCUT2D eigenvalue weighted by molar-refractivity contribution is 0.401. The monoisotopic (exact) mass is 605 g/mol. The van der Waals surface area contributed by atoms with E-state index < -0.39 is 0 Å². The molecule has 4 aromatic carbocycles. The Bertz CT molecular complexity index is 1590. The fraction of sp³-hybridized carbons (Fsp3) is 0.342. The van der Waals surface area contributed by atoms with Crippen LogP contribution in [0.25, 0.3) is 44.8 Å². The Hall–Kier alpha value is -3.17. The van der Waals surface area contributed by atoms with Gasteiger partial charge in [0.2, 0.25) is 5.89 Å². The van der Waals surface area contributed by atoms with Crippen LogP contribution in [0.15, 0.2) is 93.8 Å². The van der Waals surface area contributed by atoms with E-state index in [1.165, 1.54) is 102 Å². The summed E-state index contributed by atoms with van der Waals surface area (Å²) in [4.78, 5) is 4.69. The molecule has 0 N–H and O–H groups in total. The number of rotatable bonds is 12. The quantitative estimate of drug-likeness (QED) is 0.132. The minimum absolute atomic E-state index is 0.0735. The summed E-state index contributed by atoms with van der Waals surface area (Å²) < 4.78 is 7.21. The number of unbranched alkanes of at least 4 members (excludes halogenated alkanes) is 6. The minimum atomic E-state index is 0.0735. The van der Waals surface area contributed by atoms with Crippen LogP contribution in [0.1, 0.15) is 89.2 Å². The van der Waals surface area contributed by atoms with Gasteiger partial charge in [0.15, 0.2) is 5.58 Å². The van der Waals surface area contributed by atoms with Gasteiger partial charge in [0.1, 0.15) is 5.52 Å². The highest BCUT2D eigenvalue weighted by Gasteiger charge is 2.42. The van der Waals surface area contributed by atoms with Crippen molar-refractivity contribution >= 4 is 27.0 Å². The highest BCUT2D eigenvalue weighted by molar-refractivity contribution is 9.10. The van der Waals surface area contributed by atoms with Crippen LogP contribution in [-0.4, -0.2) is 4.98 Å². The zero-order chi connectivity index (χ0) is 28.2. The number of benzene rings is 4. The standard InChI is InChI=1S/C38H40BrNO/c1-3-5-7-11-23-38(24-12-8-6-4-2)33-25-29(19-21-31(33)32-22-20-30(39)26-34(32)38)27-15-17-28(18-16-27)37-40-35-13-9-10-14-36(35)41-37/h9-10,13-22,25-26H,3-8,11-12,23-24H2,1-2H3. The Kier molecular flexibility index (Phi) is 8.44. The topological polar surface area (TPSA) is 26.0 Å². The highest BCUT2D eigenvalue weighted by Crippen LogP contribution is 2.55. The van der Waals surface area contributed by atoms with E-state index in [-0.39, 0.29) is 5.41 Å². The Morgan fingerprint density at radius 1 is 0.634 bits per heavy atom. The fourth-order valence-corrected chi connectivity index (χ4v) is 7.18. The number of fused-ring (bicyclic) bond motifs is 4. The van der Waals surface area contributed by atoms with Gasteiger partial charge in [0, 0.05) is 15.5 Å². The molecule has 2 nitrogen and oxygen atoms in total. The molecular formula is C38H40BrNO. The molecule has 210 valence electrons. The fourth-order valence-electron chi connectivity index (χ4n) is 6.82. The smallest absolute Gasteiger partial charge is 0.227 e. The predicted octanol–water partition coefficient (Wildman–Crippen LogP) is 12.1. The van der Waals surface area contributed by atoms with Crippen molar-refractivity contribution < 1.29 is 4.42 Å². The largest absolute Gasteiger partial charge is 0.436 e. The summed E-state index contributed by atoms with van der Waals surface area (Å²) >= 11 is 3.82. The van der Waals surface area contributed by atoms with E-state index >= 15 is 0 Å². The predicted molar refractivity (Wildman–Crippen MR) is 176 cm³/mol. The molecule has 1 aliphatic carbocycles. The molecule has 3 heteroatoms. The van der Waals surface area contributed by atoms with Crippen LogP contribution in [-0.2, 0) is 5.41 Å². The molecule has 0 unspecified atom stereocenters.